The molecule has 0 aromatic heterocycles. The zero-order chi connectivity index (χ0) is 13.0. The third kappa shape index (κ3) is 3.16. The number of likely N-dealkylation sites (N-methyl/N-ethyl adjacent to an activating group) is 1. The SMILES string of the molecule is CN1CCCN(c2cccc(Cl)c2)CC1CC#N. The second kappa shape index (κ2) is 6.08. The molecule has 1 atom stereocenters. The van der Waals surface area contributed by atoms with Crippen molar-refractivity contribution in [1.29, 1.82) is 5.26 Å². The van der Waals surface area contributed by atoms with Crippen LogP contribution < -0.4 is 4.90 Å². The smallest absolute Gasteiger partial charge is 0.0638 e. The molecule has 1 fully saturated rings. The Hall–Kier alpha value is -1.24. The molecular weight excluding hydrogens is 246 g/mol. The molecule has 0 spiro atoms. The van der Waals surface area contributed by atoms with E-state index in [0.29, 0.717) is 12.5 Å². The maximum atomic E-state index is 8.91. The predicted molar refractivity (Wildman–Crippen MR) is 74.9 cm³/mol. The minimum Gasteiger partial charge on any atom is -0.370 e. The van der Waals surface area contributed by atoms with Crippen LogP contribution in [0.1, 0.15) is 12.8 Å². The Morgan fingerprint density at radius 2 is 2.28 bits per heavy atom. The number of halogens is 1. The highest BCUT2D eigenvalue weighted by atomic mass is 35.5. The molecule has 1 aliphatic heterocycles. The highest BCUT2D eigenvalue weighted by molar-refractivity contribution is 6.30. The minimum atomic E-state index is 0.302. The third-order valence-electron chi connectivity index (χ3n) is 3.49. The average molecular weight is 264 g/mol. The fourth-order valence-electron chi connectivity index (χ4n) is 2.41. The maximum absolute atomic E-state index is 8.91. The fraction of sp³-hybridized carbons (Fsp3) is 0.500. The van der Waals surface area contributed by atoms with Crippen LogP contribution in [0.3, 0.4) is 0 Å². The Morgan fingerprint density at radius 1 is 1.44 bits per heavy atom. The summed E-state index contributed by atoms with van der Waals surface area (Å²) >= 11 is 6.04. The van der Waals surface area contributed by atoms with Gasteiger partial charge in [0.05, 0.1) is 12.5 Å². The summed E-state index contributed by atoms with van der Waals surface area (Å²) in [7, 11) is 2.10. The molecule has 1 aromatic carbocycles. The van der Waals surface area contributed by atoms with Crippen molar-refractivity contribution >= 4 is 17.3 Å². The first-order valence-corrected chi connectivity index (χ1v) is 6.66. The van der Waals surface area contributed by atoms with E-state index < -0.39 is 0 Å². The number of benzene rings is 1. The molecule has 1 saturated heterocycles. The van der Waals surface area contributed by atoms with E-state index in [0.717, 1.165) is 36.8 Å². The van der Waals surface area contributed by atoms with Crippen LogP contribution in [0.5, 0.6) is 0 Å². The number of anilines is 1. The molecule has 0 N–H and O–H groups in total. The third-order valence-corrected chi connectivity index (χ3v) is 3.73. The van der Waals surface area contributed by atoms with Crippen molar-refractivity contribution in [3.05, 3.63) is 29.3 Å². The summed E-state index contributed by atoms with van der Waals surface area (Å²) in [5.41, 5.74) is 1.15. The zero-order valence-electron chi connectivity index (χ0n) is 10.6. The van der Waals surface area contributed by atoms with Crippen molar-refractivity contribution < 1.29 is 0 Å². The van der Waals surface area contributed by atoms with Crippen LogP contribution in [0, 0.1) is 11.3 Å². The Balaban J connectivity index is 2.15. The van der Waals surface area contributed by atoms with Gasteiger partial charge in [0.1, 0.15) is 0 Å². The molecule has 18 heavy (non-hydrogen) atoms. The van der Waals surface area contributed by atoms with E-state index in [1.54, 1.807) is 0 Å². The van der Waals surface area contributed by atoms with Crippen LogP contribution in [0.25, 0.3) is 0 Å². The quantitative estimate of drug-likeness (QED) is 0.822. The summed E-state index contributed by atoms with van der Waals surface area (Å²) in [5, 5.41) is 9.68. The number of hydrogen-bond acceptors (Lipinski definition) is 3. The van der Waals surface area contributed by atoms with Gasteiger partial charge in [0.25, 0.3) is 0 Å². The normalized spacial score (nSPS) is 21.4. The summed E-state index contributed by atoms with van der Waals surface area (Å²) in [5.74, 6) is 0. The zero-order valence-corrected chi connectivity index (χ0v) is 11.4. The molecular formula is C14H18ClN3. The van der Waals surface area contributed by atoms with Gasteiger partial charge < -0.3 is 9.80 Å². The van der Waals surface area contributed by atoms with Gasteiger partial charge in [0.15, 0.2) is 0 Å². The lowest BCUT2D eigenvalue weighted by atomic mass is 10.2. The lowest BCUT2D eigenvalue weighted by Crippen LogP contribution is -2.38. The van der Waals surface area contributed by atoms with Crippen molar-refractivity contribution in [2.45, 2.75) is 18.9 Å². The van der Waals surface area contributed by atoms with Gasteiger partial charge in [-0.05, 0) is 38.2 Å². The molecule has 96 valence electrons. The molecule has 0 bridgehead atoms. The highest BCUT2D eigenvalue weighted by Crippen LogP contribution is 2.22. The van der Waals surface area contributed by atoms with E-state index in [-0.39, 0.29) is 0 Å². The largest absolute Gasteiger partial charge is 0.370 e. The molecule has 1 aliphatic rings. The van der Waals surface area contributed by atoms with E-state index in [1.807, 2.05) is 18.2 Å². The first kappa shape index (κ1) is 13.2. The monoisotopic (exact) mass is 263 g/mol. The Morgan fingerprint density at radius 3 is 3.00 bits per heavy atom. The molecule has 0 aliphatic carbocycles. The lowest BCUT2D eigenvalue weighted by Gasteiger charge is -2.28. The Labute approximate surface area is 114 Å². The van der Waals surface area contributed by atoms with E-state index >= 15 is 0 Å². The van der Waals surface area contributed by atoms with Crippen LogP contribution >= 0.6 is 11.6 Å². The van der Waals surface area contributed by atoms with Gasteiger partial charge in [0.2, 0.25) is 0 Å². The predicted octanol–water partition coefficient (Wildman–Crippen LogP) is 2.76. The van der Waals surface area contributed by atoms with Crippen LogP contribution in [0.2, 0.25) is 5.02 Å². The van der Waals surface area contributed by atoms with Gasteiger partial charge in [-0.2, -0.15) is 5.26 Å². The summed E-state index contributed by atoms with van der Waals surface area (Å²) in [6.45, 7) is 2.96. The Kier molecular flexibility index (Phi) is 4.46. The van der Waals surface area contributed by atoms with E-state index in [1.165, 1.54) is 0 Å². The standard InChI is InChI=1S/C14H18ClN3/c1-17-8-3-9-18(11-14(17)6-7-16)13-5-2-4-12(15)10-13/h2,4-5,10,14H,3,6,8-9,11H2,1H3. The summed E-state index contributed by atoms with van der Waals surface area (Å²) in [4.78, 5) is 4.62. The van der Waals surface area contributed by atoms with Crippen molar-refractivity contribution in [3.8, 4) is 6.07 Å². The first-order valence-electron chi connectivity index (χ1n) is 6.28. The summed E-state index contributed by atoms with van der Waals surface area (Å²) in [6.07, 6.45) is 1.69. The Bertz CT molecular complexity index is 441. The van der Waals surface area contributed by atoms with Crippen molar-refractivity contribution in [2.75, 3.05) is 31.6 Å². The molecule has 1 aromatic rings. The number of nitrogens with zero attached hydrogens (tertiary/aromatic N) is 3. The lowest BCUT2D eigenvalue weighted by molar-refractivity contribution is 0.264. The molecule has 0 saturated carbocycles. The summed E-state index contributed by atoms with van der Waals surface area (Å²) in [6, 6.07) is 10.5. The number of rotatable bonds is 2. The first-order chi connectivity index (χ1) is 8.70. The van der Waals surface area contributed by atoms with Gasteiger partial charge >= 0.3 is 0 Å². The summed E-state index contributed by atoms with van der Waals surface area (Å²) < 4.78 is 0. The highest BCUT2D eigenvalue weighted by Gasteiger charge is 2.22. The van der Waals surface area contributed by atoms with Gasteiger partial charge in [-0.1, -0.05) is 17.7 Å². The molecule has 0 radical (unpaired) electrons. The number of hydrogen-bond donors (Lipinski definition) is 0. The van der Waals surface area contributed by atoms with E-state index in [2.05, 4.69) is 29.0 Å². The van der Waals surface area contributed by atoms with Crippen LogP contribution in [0.15, 0.2) is 24.3 Å². The van der Waals surface area contributed by atoms with Crippen LogP contribution in [0.4, 0.5) is 5.69 Å². The molecule has 0 amide bonds. The van der Waals surface area contributed by atoms with E-state index in [4.69, 9.17) is 16.9 Å². The molecule has 2 rings (SSSR count). The second-order valence-corrected chi connectivity index (χ2v) is 5.21. The van der Waals surface area contributed by atoms with Crippen LogP contribution in [-0.2, 0) is 0 Å². The molecule has 3 nitrogen and oxygen atoms in total. The minimum absolute atomic E-state index is 0.302. The van der Waals surface area contributed by atoms with Gasteiger partial charge in [0, 0.05) is 29.8 Å². The van der Waals surface area contributed by atoms with Crippen molar-refractivity contribution in [3.63, 3.8) is 0 Å². The van der Waals surface area contributed by atoms with Gasteiger partial charge in [-0.25, -0.2) is 0 Å². The fourth-order valence-corrected chi connectivity index (χ4v) is 2.60. The topological polar surface area (TPSA) is 30.3 Å². The van der Waals surface area contributed by atoms with Crippen molar-refractivity contribution in [1.82, 2.24) is 4.90 Å². The average Bonchev–Trinajstić information content (AvgIpc) is 2.53. The molecule has 1 unspecified atom stereocenters. The number of nitriles is 1. The maximum Gasteiger partial charge on any atom is 0.0638 e. The van der Waals surface area contributed by atoms with Crippen LogP contribution in [-0.4, -0.2) is 37.6 Å². The second-order valence-electron chi connectivity index (χ2n) is 4.78. The van der Waals surface area contributed by atoms with Crippen molar-refractivity contribution in [2.24, 2.45) is 0 Å². The molecule has 1 heterocycles. The van der Waals surface area contributed by atoms with Gasteiger partial charge in [-0.15, -0.1) is 0 Å². The van der Waals surface area contributed by atoms with E-state index in [9.17, 15) is 0 Å². The van der Waals surface area contributed by atoms with Gasteiger partial charge in [-0.3, -0.25) is 0 Å². The molecule has 4 heteroatoms.